The predicted molar refractivity (Wildman–Crippen MR) is 68.8 cm³/mol. The standard InChI is InChI=1S/C13H23NO5/c1-10(7-18-2)11(15)14-6-4-5-13(8-14,9-19-3)12(16)17/h10H,4-9H2,1-3H3,(H,16,17). The fourth-order valence-electron chi connectivity index (χ4n) is 2.58. The Labute approximate surface area is 113 Å². The molecule has 0 saturated carbocycles. The number of carbonyl (C=O) groups is 2. The molecule has 2 unspecified atom stereocenters. The molecule has 0 aromatic carbocycles. The van der Waals surface area contributed by atoms with Crippen molar-refractivity contribution in [2.45, 2.75) is 19.8 Å². The van der Waals surface area contributed by atoms with Crippen LogP contribution in [0.1, 0.15) is 19.8 Å². The first-order chi connectivity index (χ1) is 8.96. The van der Waals surface area contributed by atoms with Gasteiger partial charge in [-0.25, -0.2) is 0 Å². The van der Waals surface area contributed by atoms with Gasteiger partial charge in [-0.3, -0.25) is 9.59 Å². The van der Waals surface area contributed by atoms with Crippen LogP contribution in [-0.4, -0.2) is 62.4 Å². The molecule has 0 spiro atoms. The van der Waals surface area contributed by atoms with Crippen LogP contribution >= 0.6 is 0 Å². The quantitative estimate of drug-likeness (QED) is 0.767. The number of hydrogen-bond acceptors (Lipinski definition) is 4. The van der Waals surface area contributed by atoms with E-state index >= 15 is 0 Å². The van der Waals surface area contributed by atoms with Gasteiger partial charge in [0.1, 0.15) is 5.41 Å². The summed E-state index contributed by atoms with van der Waals surface area (Å²) in [7, 11) is 3.03. The van der Waals surface area contributed by atoms with Crippen LogP contribution in [0.2, 0.25) is 0 Å². The van der Waals surface area contributed by atoms with Crippen molar-refractivity contribution in [2.24, 2.45) is 11.3 Å². The molecule has 6 nitrogen and oxygen atoms in total. The summed E-state index contributed by atoms with van der Waals surface area (Å²) in [6, 6.07) is 0. The van der Waals surface area contributed by atoms with E-state index in [4.69, 9.17) is 9.47 Å². The van der Waals surface area contributed by atoms with Gasteiger partial charge in [0.2, 0.25) is 5.91 Å². The van der Waals surface area contributed by atoms with Gasteiger partial charge in [0.25, 0.3) is 0 Å². The molecule has 110 valence electrons. The highest BCUT2D eigenvalue weighted by atomic mass is 16.5. The molecule has 1 fully saturated rings. The summed E-state index contributed by atoms with van der Waals surface area (Å²) in [5.41, 5.74) is -0.977. The minimum atomic E-state index is -0.977. The van der Waals surface area contributed by atoms with E-state index in [1.165, 1.54) is 7.11 Å². The molecule has 0 aliphatic carbocycles. The molecule has 0 radical (unpaired) electrons. The van der Waals surface area contributed by atoms with Crippen LogP contribution < -0.4 is 0 Å². The van der Waals surface area contributed by atoms with E-state index in [-0.39, 0.29) is 25.0 Å². The van der Waals surface area contributed by atoms with E-state index in [2.05, 4.69) is 0 Å². The topological polar surface area (TPSA) is 76.1 Å². The van der Waals surface area contributed by atoms with E-state index in [0.717, 1.165) is 0 Å². The van der Waals surface area contributed by atoms with Crippen LogP contribution in [0.4, 0.5) is 0 Å². The first kappa shape index (κ1) is 15.9. The lowest BCUT2D eigenvalue weighted by atomic mass is 9.80. The van der Waals surface area contributed by atoms with Crippen molar-refractivity contribution >= 4 is 11.9 Å². The maximum absolute atomic E-state index is 12.2. The number of hydrogen-bond donors (Lipinski definition) is 1. The van der Waals surface area contributed by atoms with Crippen LogP contribution in [0.5, 0.6) is 0 Å². The number of carbonyl (C=O) groups excluding carboxylic acids is 1. The second-order valence-electron chi connectivity index (χ2n) is 5.24. The molecular weight excluding hydrogens is 250 g/mol. The van der Waals surface area contributed by atoms with E-state index in [9.17, 15) is 14.7 Å². The van der Waals surface area contributed by atoms with Crippen LogP contribution in [-0.2, 0) is 19.1 Å². The van der Waals surface area contributed by atoms with Crippen molar-refractivity contribution in [1.82, 2.24) is 4.90 Å². The Bertz CT molecular complexity index is 329. The van der Waals surface area contributed by atoms with Gasteiger partial charge in [-0.2, -0.15) is 0 Å². The molecule has 1 heterocycles. The molecule has 0 aromatic heterocycles. The van der Waals surface area contributed by atoms with Crippen LogP contribution in [0, 0.1) is 11.3 Å². The second kappa shape index (κ2) is 6.86. The maximum Gasteiger partial charge on any atom is 0.313 e. The van der Waals surface area contributed by atoms with Gasteiger partial charge in [-0.05, 0) is 12.8 Å². The highest BCUT2D eigenvalue weighted by Gasteiger charge is 2.44. The Morgan fingerprint density at radius 3 is 2.58 bits per heavy atom. The van der Waals surface area contributed by atoms with Gasteiger partial charge < -0.3 is 19.5 Å². The Kier molecular flexibility index (Phi) is 5.75. The molecule has 0 bridgehead atoms. The Morgan fingerprint density at radius 2 is 2.05 bits per heavy atom. The van der Waals surface area contributed by atoms with Crippen LogP contribution in [0.3, 0.4) is 0 Å². The number of ether oxygens (including phenoxy) is 2. The number of aliphatic carboxylic acids is 1. The summed E-state index contributed by atoms with van der Waals surface area (Å²) < 4.78 is 10.0. The van der Waals surface area contributed by atoms with E-state index < -0.39 is 11.4 Å². The average Bonchev–Trinajstić information content (AvgIpc) is 2.38. The predicted octanol–water partition coefficient (Wildman–Crippen LogP) is 0.609. The number of carboxylic acids is 1. The summed E-state index contributed by atoms with van der Waals surface area (Å²) in [5.74, 6) is -1.20. The molecule has 2 atom stereocenters. The van der Waals surface area contributed by atoms with E-state index in [1.807, 2.05) is 0 Å². The molecule has 19 heavy (non-hydrogen) atoms. The van der Waals surface area contributed by atoms with Crippen molar-refractivity contribution in [1.29, 1.82) is 0 Å². The maximum atomic E-state index is 12.2. The zero-order valence-electron chi connectivity index (χ0n) is 11.8. The van der Waals surface area contributed by atoms with Crippen LogP contribution in [0.15, 0.2) is 0 Å². The van der Waals surface area contributed by atoms with E-state index in [0.29, 0.717) is 26.0 Å². The Balaban J connectivity index is 2.77. The molecule has 1 saturated heterocycles. The normalized spacial score (nSPS) is 25.1. The largest absolute Gasteiger partial charge is 0.481 e. The minimum Gasteiger partial charge on any atom is -0.481 e. The van der Waals surface area contributed by atoms with Gasteiger partial charge >= 0.3 is 5.97 Å². The summed E-state index contributed by atoms with van der Waals surface area (Å²) in [4.78, 5) is 25.3. The lowest BCUT2D eigenvalue weighted by Gasteiger charge is -2.40. The number of amides is 1. The number of carboxylic acid groups (broad SMARTS) is 1. The van der Waals surface area contributed by atoms with Gasteiger partial charge in [0.05, 0.1) is 19.1 Å². The third-order valence-corrected chi connectivity index (χ3v) is 3.60. The number of nitrogens with zero attached hydrogens (tertiary/aromatic N) is 1. The minimum absolute atomic E-state index is 0.0525. The first-order valence-corrected chi connectivity index (χ1v) is 6.47. The van der Waals surface area contributed by atoms with E-state index in [1.54, 1.807) is 18.9 Å². The lowest BCUT2D eigenvalue weighted by molar-refractivity contribution is -0.160. The highest BCUT2D eigenvalue weighted by Crippen LogP contribution is 2.31. The smallest absolute Gasteiger partial charge is 0.313 e. The van der Waals surface area contributed by atoms with Gasteiger partial charge in [-0.15, -0.1) is 0 Å². The monoisotopic (exact) mass is 273 g/mol. The lowest BCUT2D eigenvalue weighted by Crippen LogP contribution is -2.53. The second-order valence-corrected chi connectivity index (χ2v) is 5.24. The van der Waals surface area contributed by atoms with Gasteiger partial charge in [0.15, 0.2) is 0 Å². The highest BCUT2D eigenvalue weighted by molar-refractivity contribution is 5.81. The Hall–Kier alpha value is -1.14. The van der Waals surface area contributed by atoms with Crippen LogP contribution in [0.25, 0.3) is 0 Å². The molecular formula is C13H23NO5. The zero-order valence-corrected chi connectivity index (χ0v) is 11.8. The molecule has 1 N–H and O–H groups in total. The van der Waals surface area contributed by atoms with Crippen molar-refractivity contribution in [3.63, 3.8) is 0 Å². The van der Waals surface area contributed by atoms with Crippen molar-refractivity contribution in [3.8, 4) is 0 Å². The summed E-state index contributed by atoms with van der Waals surface area (Å²) in [6.07, 6.45) is 1.22. The zero-order chi connectivity index (χ0) is 14.5. The molecule has 6 heteroatoms. The molecule has 1 rings (SSSR count). The number of rotatable bonds is 6. The number of methoxy groups -OCH3 is 2. The summed E-state index contributed by atoms with van der Waals surface area (Å²) in [6.45, 7) is 3.08. The summed E-state index contributed by atoms with van der Waals surface area (Å²) >= 11 is 0. The Morgan fingerprint density at radius 1 is 1.37 bits per heavy atom. The van der Waals surface area contributed by atoms with Crippen molar-refractivity contribution in [2.75, 3.05) is 40.5 Å². The molecule has 1 amide bonds. The fourth-order valence-corrected chi connectivity index (χ4v) is 2.58. The SMILES string of the molecule is COCC(C)C(=O)N1CCCC(COC)(C(=O)O)C1. The molecule has 1 aliphatic heterocycles. The number of likely N-dealkylation sites (tertiary alicyclic amines) is 1. The first-order valence-electron chi connectivity index (χ1n) is 6.47. The number of piperidine rings is 1. The molecule has 1 aliphatic rings. The van der Waals surface area contributed by atoms with Gasteiger partial charge in [-0.1, -0.05) is 6.92 Å². The third-order valence-electron chi connectivity index (χ3n) is 3.60. The third kappa shape index (κ3) is 3.67. The fraction of sp³-hybridized carbons (Fsp3) is 0.846. The average molecular weight is 273 g/mol. The van der Waals surface area contributed by atoms with Gasteiger partial charge in [0, 0.05) is 27.3 Å². The van der Waals surface area contributed by atoms with Crippen molar-refractivity contribution in [3.05, 3.63) is 0 Å². The molecule has 0 aromatic rings. The summed E-state index contributed by atoms with van der Waals surface area (Å²) in [5, 5.41) is 9.42. The van der Waals surface area contributed by atoms with Crippen molar-refractivity contribution < 1.29 is 24.2 Å².